The van der Waals surface area contributed by atoms with Crippen LogP contribution in [0.15, 0.2) is 35.7 Å². The highest BCUT2D eigenvalue weighted by Gasteiger charge is 2.09. The molecule has 1 unspecified atom stereocenters. The smallest absolute Gasteiger partial charge is 0.106 e. The van der Waals surface area contributed by atoms with Gasteiger partial charge in [-0.2, -0.15) is 0 Å². The lowest BCUT2D eigenvalue weighted by Crippen LogP contribution is -2.21. The SMILES string of the molecule is Cc1ccc(C(N)=S)c(NC(C)Cc2cccs2)c1. The van der Waals surface area contributed by atoms with Crippen LogP contribution in [0, 0.1) is 6.92 Å². The van der Waals surface area contributed by atoms with Gasteiger partial charge in [0.2, 0.25) is 0 Å². The number of anilines is 1. The van der Waals surface area contributed by atoms with Crippen molar-refractivity contribution in [1.29, 1.82) is 0 Å². The molecule has 0 aliphatic rings. The Labute approximate surface area is 123 Å². The Bertz CT molecular complexity index is 562. The molecule has 2 aromatic rings. The number of nitrogens with one attached hydrogen (secondary N) is 1. The molecule has 1 aromatic carbocycles. The van der Waals surface area contributed by atoms with Crippen molar-refractivity contribution in [2.24, 2.45) is 5.73 Å². The number of thiophene rings is 1. The lowest BCUT2D eigenvalue weighted by Gasteiger charge is -2.18. The normalized spacial score (nSPS) is 12.1. The summed E-state index contributed by atoms with van der Waals surface area (Å²) in [4.78, 5) is 1.82. The largest absolute Gasteiger partial charge is 0.389 e. The minimum absolute atomic E-state index is 0.341. The predicted octanol–water partition coefficient (Wildman–Crippen LogP) is 3.73. The summed E-state index contributed by atoms with van der Waals surface area (Å²) < 4.78 is 0. The molecule has 0 radical (unpaired) electrons. The molecule has 3 N–H and O–H groups in total. The number of benzene rings is 1. The minimum atomic E-state index is 0.341. The Balaban J connectivity index is 2.13. The van der Waals surface area contributed by atoms with Crippen LogP contribution in [0.1, 0.15) is 22.9 Å². The molecular formula is C15H18N2S2. The van der Waals surface area contributed by atoms with Crippen LogP contribution in [0.4, 0.5) is 5.69 Å². The molecular weight excluding hydrogens is 272 g/mol. The molecule has 1 atom stereocenters. The van der Waals surface area contributed by atoms with Gasteiger partial charge in [-0.3, -0.25) is 0 Å². The Morgan fingerprint density at radius 3 is 2.84 bits per heavy atom. The molecule has 0 aliphatic carbocycles. The fraction of sp³-hybridized carbons (Fsp3) is 0.267. The number of nitrogens with two attached hydrogens (primary N) is 1. The molecule has 1 aromatic heterocycles. The second-order valence-corrected chi connectivity index (χ2v) is 6.21. The number of rotatable bonds is 5. The molecule has 4 heteroatoms. The van der Waals surface area contributed by atoms with Gasteiger partial charge in [0.15, 0.2) is 0 Å². The third-order valence-electron chi connectivity index (χ3n) is 2.93. The summed E-state index contributed by atoms with van der Waals surface area (Å²) >= 11 is 6.89. The van der Waals surface area contributed by atoms with Gasteiger partial charge in [-0.25, -0.2) is 0 Å². The van der Waals surface area contributed by atoms with E-state index in [1.165, 1.54) is 10.4 Å². The van der Waals surface area contributed by atoms with E-state index in [9.17, 15) is 0 Å². The van der Waals surface area contributed by atoms with Crippen molar-refractivity contribution in [3.63, 3.8) is 0 Å². The van der Waals surface area contributed by atoms with Gasteiger partial charge in [-0.15, -0.1) is 11.3 Å². The van der Waals surface area contributed by atoms with E-state index in [0.29, 0.717) is 11.0 Å². The maximum atomic E-state index is 5.77. The summed E-state index contributed by atoms with van der Waals surface area (Å²) in [5.41, 5.74) is 8.91. The number of aryl methyl sites for hydroxylation is 1. The van der Waals surface area contributed by atoms with E-state index in [1.54, 1.807) is 11.3 Å². The van der Waals surface area contributed by atoms with E-state index in [-0.39, 0.29) is 0 Å². The van der Waals surface area contributed by atoms with Gasteiger partial charge in [0.05, 0.1) is 0 Å². The summed E-state index contributed by atoms with van der Waals surface area (Å²) in [5.74, 6) is 0. The van der Waals surface area contributed by atoms with Crippen LogP contribution >= 0.6 is 23.6 Å². The summed E-state index contributed by atoms with van der Waals surface area (Å²) in [6.07, 6.45) is 1.00. The lowest BCUT2D eigenvalue weighted by molar-refractivity contribution is 0.800. The zero-order valence-electron chi connectivity index (χ0n) is 11.1. The highest BCUT2D eigenvalue weighted by atomic mass is 32.1. The van der Waals surface area contributed by atoms with Gasteiger partial charge < -0.3 is 11.1 Å². The van der Waals surface area contributed by atoms with Crippen LogP contribution in [0.3, 0.4) is 0 Å². The van der Waals surface area contributed by atoms with E-state index in [2.05, 4.69) is 42.7 Å². The molecule has 0 spiro atoms. The minimum Gasteiger partial charge on any atom is -0.389 e. The monoisotopic (exact) mass is 290 g/mol. The van der Waals surface area contributed by atoms with Crippen LogP contribution in [0.5, 0.6) is 0 Å². The molecule has 0 bridgehead atoms. The van der Waals surface area contributed by atoms with E-state index in [1.807, 2.05) is 12.1 Å². The molecule has 2 nitrogen and oxygen atoms in total. The average Bonchev–Trinajstić information content (AvgIpc) is 2.81. The Morgan fingerprint density at radius 2 is 2.21 bits per heavy atom. The Hall–Kier alpha value is -1.39. The zero-order chi connectivity index (χ0) is 13.8. The Kier molecular flexibility index (Phi) is 4.56. The van der Waals surface area contributed by atoms with Crippen LogP contribution in [-0.2, 0) is 6.42 Å². The van der Waals surface area contributed by atoms with Crippen molar-refractivity contribution < 1.29 is 0 Å². The molecule has 100 valence electrons. The third-order valence-corrected chi connectivity index (χ3v) is 4.05. The van der Waals surface area contributed by atoms with Crippen LogP contribution in [-0.4, -0.2) is 11.0 Å². The van der Waals surface area contributed by atoms with Gasteiger partial charge >= 0.3 is 0 Å². The first-order valence-corrected chi connectivity index (χ1v) is 7.54. The van der Waals surface area contributed by atoms with E-state index < -0.39 is 0 Å². The molecule has 0 amide bonds. The number of hydrogen-bond acceptors (Lipinski definition) is 3. The molecule has 2 rings (SSSR count). The van der Waals surface area contributed by atoms with Crippen molar-refractivity contribution >= 4 is 34.2 Å². The van der Waals surface area contributed by atoms with Gasteiger partial charge in [0.25, 0.3) is 0 Å². The average molecular weight is 290 g/mol. The first-order chi connectivity index (χ1) is 9.06. The van der Waals surface area contributed by atoms with Gasteiger partial charge in [-0.1, -0.05) is 24.4 Å². The second kappa shape index (κ2) is 6.17. The van der Waals surface area contributed by atoms with Gasteiger partial charge in [0, 0.05) is 28.6 Å². The van der Waals surface area contributed by atoms with E-state index >= 15 is 0 Å². The van der Waals surface area contributed by atoms with Crippen molar-refractivity contribution in [1.82, 2.24) is 0 Å². The molecule has 0 saturated carbocycles. The summed E-state index contributed by atoms with van der Waals surface area (Å²) in [5, 5.41) is 5.62. The second-order valence-electron chi connectivity index (χ2n) is 4.74. The molecule has 19 heavy (non-hydrogen) atoms. The lowest BCUT2D eigenvalue weighted by atomic mass is 10.1. The van der Waals surface area contributed by atoms with Crippen LogP contribution in [0.25, 0.3) is 0 Å². The summed E-state index contributed by atoms with van der Waals surface area (Å²) in [6, 6.07) is 10.7. The van der Waals surface area contributed by atoms with Crippen LogP contribution < -0.4 is 11.1 Å². The van der Waals surface area contributed by atoms with Crippen molar-refractivity contribution in [2.45, 2.75) is 26.3 Å². The highest BCUT2D eigenvalue weighted by molar-refractivity contribution is 7.80. The van der Waals surface area contributed by atoms with Crippen molar-refractivity contribution in [3.05, 3.63) is 51.7 Å². The standard InChI is InChI=1S/C15H18N2S2/c1-10-5-6-13(15(16)18)14(8-10)17-11(2)9-12-4-3-7-19-12/h3-8,11,17H,9H2,1-2H3,(H2,16,18). The van der Waals surface area contributed by atoms with E-state index in [4.69, 9.17) is 18.0 Å². The van der Waals surface area contributed by atoms with Gasteiger partial charge in [-0.05, 0) is 43.0 Å². The maximum absolute atomic E-state index is 5.77. The fourth-order valence-corrected chi connectivity index (χ4v) is 3.05. The molecule has 1 heterocycles. The quantitative estimate of drug-likeness (QED) is 0.824. The topological polar surface area (TPSA) is 38.0 Å². The third kappa shape index (κ3) is 3.78. The van der Waals surface area contributed by atoms with Crippen molar-refractivity contribution in [3.8, 4) is 0 Å². The Morgan fingerprint density at radius 1 is 1.42 bits per heavy atom. The zero-order valence-corrected chi connectivity index (χ0v) is 12.8. The van der Waals surface area contributed by atoms with E-state index in [0.717, 1.165) is 17.7 Å². The summed E-state index contributed by atoms with van der Waals surface area (Å²) in [7, 11) is 0. The predicted molar refractivity (Wildman–Crippen MR) is 88.2 cm³/mol. The number of hydrogen-bond donors (Lipinski definition) is 2. The first kappa shape index (κ1) is 14.0. The maximum Gasteiger partial charge on any atom is 0.106 e. The van der Waals surface area contributed by atoms with Crippen LogP contribution in [0.2, 0.25) is 0 Å². The molecule has 0 fully saturated rings. The van der Waals surface area contributed by atoms with Gasteiger partial charge in [0.1, 0.15) is 4.99 Å². The fourth-order valence-electron chi connectivity index (χ4n) is 2.04. The molecule has 0 saturated heterocycles. The molecule has 0 aliphatic heterocycles. The number of thiocarbonyl (C=S) groups is 1. The first-order valence-electron chi connectivity index (χ1n) is 6.25. The van der Waals surface area contributed by atoms with Crippen molar-refractivity contribution in [2.75, 3.05) is 5.32 Å². The summed E-state index contributed by atoms with van der Waals surface area (Å²) in [6.45, 7) is 4.24. The highest BCUT2D eigenvalue weighted by Crippen LogP contribution is 2.20.